The van der Waals surface area contributed by atoms with E-state index in [1.807, 2.05) is 6.07 Å². The third-order valence-corrected chi connectivity index (χ3v) is 3.31. The van der Waals surface area contributed by atoms with Crippen molar-refractivity contribution in [3.05, 3.63) is 29.3 Å². The van der Waals surface area contributed by atoms with Crippen molar-refractivity contribution >= 4 is 15.9 Å². The fourth-order valence-corrected chi connectivity index (χ4v) is 2.26. The first-order valence-electron chi connectivity index (χ1n) is 4.97. The zero-order valence-corrected chi connectivity index (χ0v) is 10.6. The SMILES string of the molecule is CCCC(Br)c1ccc(OC)c(C)c1. The van der Waals surface area contributed by atoms with Crippen LogP contribution in [0.15, 0.2) is 18.2 Å². The van der Waals surface area contributed by atoms with Gasteiger partial charge >= 0.3 is 0 Å². The molecule has 0 aliphatic rings. The van der Waals surface area contributed by atoms with Crippen LogP contribution in [0.25, 0.3) is 0 Å². The molecule has 0 saturated carbocycles. The standard InChI is InChI=1S/C12H17BrO/c1-4-5-11(13)10-6-7-12(14-3)9(2)8-10/h6-8,11H,4-5H2,1-3H3. The van der Waals surface area contributed by atoms with Gasteiger partial charge in [-0.25, -0.2) is 0 Å². The molecule has 1 nitrogen and oxygen atoms in total. The number of rotatable bonds is 4. The van der Waals surface area contributed by atoms with Crippen LogP contribution in [0.5, 0.6) is 5.75 Å². The van der Waals surface area contributed by atoms with E-state index in [2.05, 4.69) is 41.9 Å². The summed E-state index contributed by atoms with van der Waals surface area (Å²) in [5.41, 5.74) is 2.54. The van der Waals surface area contributed by atoms with E-state index in [1.165, 1.54) is 24.0 Å². The van der Waals surface area contributed by atoms with Crippen LogP contribution in [0.4, 0.5) is 0 Å². The molecular formula is C12H17BrO. The van der Waals surface area contributed by atoms with Crippen molar-refractivity contribution in [3.8, 4) is 5.75 Å². The van der Waals surface area contributed by atoms with Gasteiger partial charge in [0.15, 0.2) is 0 Å². The fourth-order valence-electron chi connectivity index (χ4n) is 1.52. The number of hydrogen-bond acceptors (Lipinski definition) is 1. The predicted octanol–water partition coefficient (Wildman–Crippen LogP) is 4.24. The molecular weight excluding hydrogens is 240 g/mol. The van der Waals surface area contributed by atoms with Crippen molar-refractivity contribution in [1.29, 1.82) is 0 Å². The van der Waals surface area contributed by atoms with Gasteiger partial charge in [0.25, 0.3) is 0 Å². The molecule has 1 aromatic carbocycles. The summed E-state index contributed by atoms with van der Waals surface area (Å²) in [5, 5.41) is 0. The highest BCUT2D eigenvalue weighted by atomic mass is 79.9. The third kappa shape index (κ3) is 2.74. The Morgan fingerprint density at radius 1 is 1.43 bits per heavy atom. The molecule has 0 heterocycles. The smallest absolute Gasteiger partial charge is 0.121 e. The summed E-state index contributed by atoms with van der Waals surface area (Å²) in [5.74, 6) is 0.963. The molecule has 2 heteroatoms. The summed E-state index contributed by atoms with van der Waals surface area (Å²) < 4.78 is 5.22. The van der Waals surface area contributed by atoms with Crippen LogP contribution in [0.3, 0.4) is 0 Å². The van der Waals surface area contributed by atoms with Crippen molar-refractivity contribution in [2.24, 2.45) is 0 Å². The van der Waals surface area contributed by atoms with Crippen molar-refractivity contribution in [2.75, 3.05) is 7.11 Å². The second-order valence-electron chi connectivity index (χ2n) is 3.49. The van der Waals surface area contributed by atoms with E-state index in [4.69, 9.17) is 4.74 Å². The maximum atomic E-state index is 5.22. The van der Waals surface area contributed by atoms with Gasteiger partial charge in [-0.3, -0.25) is 0 Å². The van der Waals surface area contributed by atoms with Crippen LogP contribution < -0.4 is 4.74 Å². The Bertz CT molecular complexity index is 296. The average Bonchev–Trinajstić information content (AvgIpc) is 2.18. The Hall–Kier alpha value is -0.500. The maximum absolute atomic E-state index is 5.22. The predicted molar refractivity (Wildman–Crippen MR) is 64.3 cm³/mol. The van der Waals surface area contributed by atoms with Crippen molar-refractivity contribution < 1.29 is 4.74 Å². The van der Waals surface area contributed by atoms with Gasteiger partial charge in [0.2, 0.25) is 0 Å². The fraction of sp³-hybridized carbons (Fsp3) is 0.500. The lowest BCUT2D eigenvalue weighted by Crippen LogP contribution is -1.92. The maximum Gasteiger partial charge on any atom is 0.121 e. The lowest BCUT2D eigenvalue weighted by molar-refractivity contribution is 0.411. The second kappa shape index (κ2) is 5.40. The number of methoxy groups -OCH3 is 1. The van der Waals surface area contributed by atoms with E-state index in [9.17, 15) is 0 Å². The van der Waals surface area contributed by atoms with Gasteiger partial charge in [-0.05, 0) is 30.5 Å². The van der Waals surface area contributed by atoms with Crippen molar-refractivity contribution in [1.82, 2.24) is 0 Å². The zero-order chi connectivity index (χ0) is 10.6. The molecule has 1 aromatic rings. The summed E-state index contributed by atoms with van der Waals surface area (Å²) in [7, 11) is 1.71. The minimum atomic E-state index is 0.470. The van der Waals surface area contributed by atoms with Gasteiger partial charge in [0.05, 0.1) is 7.11 Å². The normalized spacial score (nSPS) is 12.6. The highest BCUT2D eigenvalue weighted by Gasteiger charge is 2.07. The molecule has 0 aliphatic heterocycles. The second-order valence-corrected chi connectivity index (χ2v) is 4.59. The molecule has 0 aromatic heterocycles. The molecule has 0 bridgehead atoms. The number of aryl methyl sites for hydroxylation is 1. The Morgan fingerprint density at radius 3 is 2.64 bits per heavy atom. The van der Waals surface area contributed by atoms with Crippen LogP contribution >= 0.6 is 15.9 Å². The van der Waals surface area contributed by atoms with E-state index < -0.39 is 0 Å². The van der Waals surface area contributed by atoms with Crippen LogP contribution in [0.2, 0.25) is 0 Å². The van der Waals surface area contributed by atoms with Gasteiger partial charge in [0, 0.05) is 4.83 Å². The first-order valence-corrected chi connectivity index (χ1v) is 5.89. The summed E-state index contributed by atoms with van der Waals surface area (Å²) in [4.78, 5) is 0.470. The summed E-state index contributed by atoms with van der Waals surface area (Å²) in [6, 6.07) is 6.35. The highest BCUT2D eigenvalue weighted by molar-refractivity contribution is 9.09. The minimum absolute atomic E-state index is 0.470. The molecule has 0 fully saturated rings. The average molecular weight is 257 g/mol. The molecule has 0 N–H and O–H groups in total. The Kier molecular flexibility index (Phi) is 4.46. The highest BCUT2D eigenvalue weighted by Crippen LogP contribution is 2.30. The molecule has 0 radical (unpaired) electrons. The van der Waals surface area contributed by atoms with Gasteiger partial charge in [-0.1, -0.05) is 41.4 Å². The molecule has 1 atom stereocenters. The van der Waals surface area contributed by atoms with Crippen molar-refractivity contribution in [3.63, 3.8) is 0 Å². The number of hydrogen-bond donors (Lipinski definition) is 0. The first-order chi connectivity index (χ1) is 6.69. The van der Waals surface area contributed by atoms with Crippen LogP contribution in [-0.2, 0) is 0 Å². The number of ether oxygens (including phenoxy) is 1. The van der Waals surface area contributed by atoms with Gasteiger partial charge < -0.3 is 4.74 Å². The topological polar surface area (TPSA) is 9.23 Å². The molecule has 0 aliphatic carbocycles. The van der Waals surface area contributed by atoms with Gasteiger partial charge in [-0.15, -0.1) is 0 Å². The molecule has 0 spiro atoms. The van der Waals surface area contributed by atoms with E-state index in [0.29, 0.717) is 4.83 Å². The van der Waals surface area contributed by atoms with Gasteiger partial charge in [0.1, 0.15) is 5.75 Å². The molecule has 78 valence electrons. The van der Waals surface area contributed by atoms with Crippen LogP contribution in [0, 0.1) is 6.92 Å². The lowest BCUT2D eigenvalue weighted by Gasteiger charge is -2.11. The quantitative estimate of drug-likeness (QED) is 0.733. The lowest BCUT2D eigenvalue weighted by atomic mass is 10.1. The minimum Gasteiger partial charge on any atom is -0.496 e. The van der Waals surface area contributed by atoms with E-state index in [0.717, 1.165) is 5.75 Å². The largest absolute Gasteiger partial charge is 0.496 e. The Morgan fingerprint density at radius 2 is 2.14 bits per heavy atom. The molecule has 0 saturated heterocycles. The van der Waals surface area contributed by atoms with E-state index in [1.54, 1.807) is 7.11 Å². The van der Waals surface area contributed by atoms with Gasteiger partial charge in [-0.2, -0.15) is 0 Å². The van der Waals surface area contributed by atoms with Crippen molar-refractivity contribution in [2.45, 2.75) is 31.5 Å². The molecule has 0 amide bonds. The van der Waals surface area contributed by atoms with Crippen LogP contribution in [-0.4, -0.2) is 7.11 Å². The first kappa shape index (κ1) is 11.6. The van der Waals surface area contributed by atoms with Crippen LogP contribution in [0.1, 0.15) is 35.7 Å². The Balaban J connectivity index is 2.85. The monoisotopic (exact) mass is 256 g/mol. The third-order valence-electron chi connectivity index (χ3n) is 2.32. The number of alkyl halides is 1. The molecule has 1 unspecified atom stereocenters. The number of halogens is 1. The summed E-state index contributed by atoms with van der Waals surface area (Å²) in [6.45, 7) is 4.28. The summed E-state index contributed by atoms with van der Waals surface area (Å²) in [6.07, 6.45) is 2.37. The molecule has 14 heavy (non-hydrogen) atoms. The van der Waals surface area contributed by atoms with E-state index in [-0.39, 0.29) is 0 Å². The van der Waals surface area contributed by atoms with E-state index >= 15 is 0 Å². The summed E-state index contributed by atoms with van der Waals surface area (Å²) >= 11 is 3.69. The number of benzene rings is 1. The molecule has 1 rings (SSSR count). The Labute approximate surface area is 94.6 Å². The zero-order valence-electron chi connectivity index (χ0n) is 9.01.